The summed E-state index contributed by atoms with van der Waals surface area (Å²) < 4.78 is 11.4. The van der Waals surface area contributed by atoms with Crippen LogP contribution < -0.4 is 0 Å². The van der Waals surface area contributed by atoms with E-state index in [-0.39, 0.29) is 0 Å². The number of furan rings is 1. The van der Waals surface area contributed by atoms with Crippen molar-refractivity contribution < 1.29 is 4.42 Å². The molecule has 292 valence electrons. The molecule has 0 radical (unpaired) electrons. The van der Waals surface area contributed by atoms with Crippen molar-refractivity contribution >= 4 is 108 Å². The van der Waals surface area contributed by atoms with Gasteiger partial charge in [0.15, 0.2) is 11.6 Å². The summed E-state index contributed by atoms with van der Waals surface area (Å²) in [6.07, 6.45) is 0. The summed E-state index contributed by atoms with van der Waals surface area (Å²) >= 11 is 1.85. The molecule has 0 fully saturated rings. The van der Waals surface area contributed by atoms with Crippen molar-refractivity contribution in [3.63, 3.8) is 0 Å². The summed E-state index contributed by atoms with van der Waals surface area (Å²) in [4.78, 5) is 16.2. The van der Waals surface area contributed by atoms with Crippen LogP contribution in [0.4, 0.5) is 0 Å². The average Bonchev–Trinajstić information content (AvgIpc) is 4.02. The van der Waals surface area contributed by atoms with E-state index in [1.807, 2.05) is 29.5 Å². The van der Waals surface area contributed by atoms with Crippen LogP contribution >= 0.6 is 11.3 Å². The van der Waals surface area contributed by atoms with Crippen LogP contribution in [0.2, 0.25) is 0 Å². The number of aromatic nitrogens is 4. The van der Waals surface area contributed by atoms with Crippen molar-refractivity contribution in [2.45, 2.75) is 0 Å². The first-order valence-electron chi connectivity index (χ1n) is 21.2. The van der Waals surface area contributed by atoms with Crippen molar-refractivity contribution in [3.8, 4) is 39.9 Å². The molecular weight excluding hydrogens is 789 g/mol. The second-order valence-corrected chi connectivity index (χ2v) is 17.4. The Morgan fingerprint density at radius 1 is 0.397 bits per heavy atom. The molecule has 4 aromatic heterocycles. The summed E-state index contributed by atoms with van der Waals surface area (Å²) in [7, 11) is 0. The molecule has 0 bridgehead atoms. The van der Waals surface area contributed by atoms with Crippen molar-refractivity contribution in [1.82, 2.24) is 19.5 Å². The molecule has 5 nitrogen and oxygen atoms in total. The number of hydrogen-bond acceptors (Lipinski definition) is 5. The molecule has 0 aliphatic rings. The lowest BCUT2D eigenvalue weighted by Crippen LogP contribution is -2.07. The minimum atomic E-state index is 0.536. The van der Waals surface area contributed by atoms with Crippen LogP contribution in [0.25, 0.3) is 136 Å². The highest BCUT2D eigenvalue weighted by Gasteiger charge is 2.23. The van der Waals surface area contributed by atoms with E-state index >= 15 is 0 Å². The maximum absolute atomic E-state index is 6.61. The Morgan fingerprint density at radius 2 is 1.06 bits per heavy atom. The van der Waals surface area contributed by atoms with E-state index in [2.05, 4.69) is 180 Å². The van der Waals surface area contributed by atoms with E-state index in [4.69, 9.17) is 19.4 Å². The molecule has 0 N–H and O–H groups in total. The van der Waals surface area contributed by atoms with Crippen molar-refractivity contribution in [2.75, 3.05) is 0 Å². The van der Waals surface area contributed by atoms with Crippen molar-refractivity contribution in [1.29, 1.82) is 0 Å². The van der Waals surface area contributed by atoms with Crippen LogP contribution in [-0.2, 0) is 0 Å². The molecule has 4 heterocycles. The molecule has 0 aliphatic carbocycles. The SMILES string of the molecule is c1ccc2cc(-c3nc(-c4cccc5c4oc4ccccc45)nc(-n4c5cc6ccccc6cc5c5cccc(-c6ccc7c(c6)sc6ccc8ccccc8c67)c54)n3)ccc2c1. The van der Waals surface area contributed by atoms with E-state index < -0.39 is 0 Å². The maximum Gasteiger partial charge on any atom is 0.238 e. The molecule has 0 amide bonds. The fourth-order valence-electron chi connectivity index (χ4n) is 9.87. The minimum absolute atomic E-state index is 0.536. The fraction of sp³-hybridized carbons (Fsp3) is 0. The Hall–Kier alpha value is -8.19. The lowest BCUT2D eigenvalue weighted by molar-refractivity contribution is 0.669. The van der Waals surface area contributed by atoms with Crippen LogP contribution in [0.15, 0.2) is 199 Å². The summed E-state index contributed by atoms with van der Waals surface area (Å²) in [5.74, 6) is 1.66. The number of rotatable bonds is 4. The Bertz CT molecular complexity index is 4230. The number of nitrogens with zero attached hydrogens (tertiary/aromatic N) is 4. The topological polar surface area (TPSA) is 56.7 Å². The molecule has 0 saturated carbocycles. The Balaban J connectivity index is 1.08. The molecule has 14 rings (SSSR count). The average molecular weight is 821 g/mol. The number of thiophene rings is 1. The van der Waals surface area contributed by atoms with Gasteiger partial charge in [-0.25, -0.2) is 4.98 Å². The number of para-hydroxylation sites is 3. The molecule has 0 unspecified atom stereocenters. The summed E-state index contributed by atoms with van der Waals surface area (Å²) in [6, 6.07) is 69.2. The second-order valence-electron chi connectivity index (χ2n) is 16.4. The highest BCUT2D eigenvalue weighted by Crippen LogP contribution is 2.44. The van der Waals surface area contributed by atoms with Gasteiger partial charge in [0.2, 0.25) is 5.95 Å². The van der Waals surface area contributed by atoms with Crippen LogP contribution in [0.5, 0.6) is 0 Å². The van der Waals surface area contributed by atoms with Gasteiger partial charge in [0.25, 0.3) is 0 Å². The van der Waals surface area contributed by atoms with Gasteiger partial charge in [-0.3, -0.25) is 4.57 Å². The van der Waals surface area contributed by atoms with Crippen molar-refractivity contribution in [2.24, 2.45) is 0 Å². The smallest absolute Gasteiger partial charge is 0.238 e. The Kier molecular flexibility index (Phi) is 7.21. The molecule has 0 spiro atoms. The molecule has 10 aromatic carbocycles. The predicted octanol–water partition coefficient (Wildman–Crippen LogP) is 15.7. The zero-order valence-corrected chi connectivity index (χ0v) is 34.4. The van der Waals surface area contributed by atoms with Gasteiger partial charge in [-0.05, 0) is 80.3 Å². The first-order valence-corrected chi connectivity index (χ1v) is 22.0. The van der Waals surface area contributed by atoms with Gasteiger partial charge in [-0.15, -0.1) is 11.3 Å². The van der Waals surface area contributed by atoms with Gasteiger partial charge < -0.3 is 4.42 Å². The second kappa shape index (κ2) is 13.2. The molecule has 6 heteroatoms. The third-order valence-electron chi connectivity index (χ3n) is 12.8. The summed E-state index contributed by atoms with van der Waals surface area (Å²) in [5.41, 5.74) is 7.59. The molecule has 0 atom stereocenters. The number of fused-ring (bicyclic) bond motifs is 13. The van der Waals surface area contributed by atoms with Gasteiger partial charge in [0.05, 0.1) is 16.6 Å². The lowest BCUT2D eigenvalue weighted by Gasteiger charge is -2.13. The van der Waals surface area contributed by atoms with E-state index in [0.717, 1.165) is 82.2 Å². The van der Waals surface area contributed by atoms with Crippen molar-refractivity contribution in [3.05, 3.63) is 194 Å². The van der Waals surface area contributed by atoms with E-state index in [0.29, 0.717) is 17.6 Å². The van der Waals surface area contributed by atoms with Crippen LogP contribution in [0.1, 0.15) is 0 Å². The highest BCUT2D eigenvalue weighted by atomic mass is 32.1. The number of benzene rings is 10. The number of hydrogen-bond donors (Lipinski definition) is 0. The van der Waals surface area contributed by atoms with Gasteiger partial charge in [0, 0.05) is 52.8 Å². The van der Waals surface area contributed by atoms with Crippen LogP contribution in [-0.4, -0.2) is 19.5 Å². The Labute approximate surface area is 363 Å². The highest BCUT2D eigenvalue weighted by molar-refractivity contribution is 7.26. The maximum atomic E-state index is 6.61. The zero-order valence-electron chi connectivity index (χ0n) is 33.6. The van der Waals surface area contributed by atoms with Gasteiger partial charge in [0.1, 0.15) is 11.2 Å². The van der Waals surface area contributed by atoms with Crippen LogP contribution in [0, 0.1) is 0 Å². The van der Waals surface area contributed by atoms with Gasteiger partial charge in [-0.2, -0.15) is 9.97 Å². The normalized spacial score (nSPS) is 12.1. The monoisotopic (exact) mass is 820 g/mol. The fourth-order valence-corrected chi connectivity index (χ4v) is 11.0. The largest absolute Gasteiger partial charge is 0.455 e. The van der Waals surface area contributed by atoms with E-state index in [9.17, 15) is 0 Å². The summed E-state index contributed by atoms with van der Waals surface area (Å²) in [6.45, 7) is 0. The lowest BCUT2D eigenvalue weighted by atomic mass is 9.99. The quantitative estimate of drug-likeness (QED) is 0.177. The third-order valence-corrected chi connectivity index (χ3v) is 13.9. The first kappa shape index (κ1) is 34.5. The van der Waals surface area contributed by atoms with E-state index in [1.54, 1.807) is 0 Å². The minimum Gasteiger partial charge on any atom is -0.455 e. The van der Waals surface area contributed by atoms with Crippen LogP contribution in [0.3, 0.4) is 0 Å². The predicted molar refractivity (Wildman–Crippen MR) is 263 cm³/mol. The zero-order chi connectivity index (χ0) is 41.2. The summed E-state index contributed by atoms with van der Waals surface area (Å²) in [5, 5.41) is 14.1. The van der Waals surface area contributed by atoms with Gasteiger partial charge in [-0.1, -0.05) is 152 Å². The molecule has 63 heavy (non-hydrogen) atoms. The third kappa shape index (κ3) is 5.19. The molecule has 0 saturated heterocycles. The molecule has 0 aliphatic heterocycles. The molecule has 14 aromatic rings. The molecular formula is C57H32N4OS. The first-order chi connectivity index (χ1) is 31.2. The van der Waals surface area contributed by atoms with E-state index in [1.165, 1.54) is 36.3 Å². The standard InChI is InChI=1S/C57H32N4OS/c1-2-13-35-29-39(24-23-33(35)11-1)55-58-56(46-21-10-20-44-42-17-7-8-22-49(42)62-54(44)46)60-57(59-55)61-48-31-37-15-4-3-14-36(37)30-47(48)43-19-9-18-41(53(43)61)38-25-27-45-51(32-38)63-50-28-26-34-12-5-6-16-40(34)52(45)50/h1-32H. The van der Waals surface area contributed by atoms with Gasteiger partial charge >= 0.3 is 0 Å². The Morgan fingerprint density at radius 3 is 1.94 bits per heavy atom.